The maximum absolute atomic E-state index is 11.1. The number of hydrogen-bond acceptors (Lipinski definition) is 1. The first-order valence-corrected chi connectivity index (χ1v) is 4.45. The minimum atomic E-state index is -0.994. The zero-order valence-corrected chi connectivity index (χ0v) is 8.45. The van der Waals surface area contributed by atoms with Crippen LogP contribution in [0.5, 0.6) is 0 Å². The van der Waals surface area contributed by atoms with Crippen LogP contribution in [0.1, 0.15) is 18.1 Å². The first-order valence-electron chi connectivity index (χ1n) is 4.45. The second-order valence-corrected chi connectivity index (χ2v) is 3.58. The second-order valence-electron chi connectivity index (χ2n) is 3.58. The molecule has 2 heteroatoms. The maximum atomic E-state index is 11.1. The molecule has 1 atom stereocenters. The van der Waals surface area contributed by atoms with Gasteiger partial charge in [0.05, 0.1) is 0 Å². The van der Waals surface area contributed by atoms with E-state index in [4.69, 9.17) is 5.11 Å². The minimum absolute atomic E-state index is 0.764. The Morgan fingerprint density at radius 1 is 1.57 bits per heavy atom. The standard InChI is InChI=1S/C12H14O2/c1-4-12(3,11(13)14)10-7-5-6-9(2)8-10/h4-8H,1H2,2-3H3,(H,13,14). The molecule has 1 N–H and O–H groups in total. The highest BCUT2D eigenvalue weighted by molar-refractivity contribution is 5.83. The van der Waals surface area contributed by atoms with Crippen molar-refractivity contribution >= 4 is 5.97 Å². The van der Waals surface area contributed by atoms with Crippen LogP contribution in [0.3, 0.4) is 0 Å². The van der Waals surface area contributed by atoms with Gasteiger partial charge in [-0.25, -0.2) is 0 Å². The van der Waals surface area contributed by atoms with Gasteiger partial charge < -0.3 is 5.11 Å². The Morgan fingerprint density at radius 2 is 2.21 bits per heavy atom. The molecule has 1 aromatic carbocycles. The average molecular weight is 190 g/mol. The Balaban J connectivity index is 3.26. The third-order valence-corrected chi connectivity index (χ3v) is 2.47. The van der Waals surface area contributed by atoms with E-state index in [-0.39, 0.29) is 0 Å². The maximum Gasteiger partial charge on any atom is 0.317 e. The molecular weight excluding hydrogens is 176 g/mol. The van der Waals surface area contributed by atoms with E-state index in [0.29, 0.717) is 0 Å². The molecule has 0 saturated carbocycles. The minimum Gasteiger partial charge on any atom is -0.480 e. The zero-order valence-electron chi connectivity index (χ0n) is 8.45. The summed E-state index contributed by atoms with van der Waals surface area (Å²) < 4.78 is 0. The third-order valence-electron chi connectivity index (χ3n) is 2.47. The summed E-state index contributed by atoms with van der Waals surface area (Å²) in [6.07, 6.45) is 1.46. The fourth-order valence-corrected chi connectivity index (χ4v) is 1.30. The van der Waals surface area contributed by atoms with Crippen LogP contribution in [0, 0.1) is 6.92 Å². The van der Waals surface area contributed by atoms with Gasteiger partial charge in [-0.3, -0.25) is 4.79 Å². The van der Waals surface area contributed by atoms with E-state index in [0.717, 1.165) is 11.1 Å². The molecule has 1 unspecified atom stereocenters. The van der Waals surface area contributed by atoms with E-state index >= 15 is 0 Å². The Morgan fingerprint density at radius 3 is 2.64 bits per heavy atom. The van der Waals surface area contributed by atoms with Crippen molar-refractivity contribution in [3.8, 4) is 0 Å². The lowest BCUT2D eigenvalue weighted by atomic mass is 9.82. The van der Waals surface area contributed by atoms with Crippen LogP contribution in [0.4, 0.5) is 0 Å². The summed E-state index contributed by atoms with van der Waals surface area (Å²) in [6, 6.07) is 7.48. The fraction of sp³-hybridized carbons (Fsp3) is 0.250. The van der Waals surface area contributed by atoms with E-state index in [1.54, 1.807) is 6.92 Å². The SMILES string of the molecule is C=CC(C)(C(=O)O)c1cccc(C)c1. The Labute approximate surface area is 83.9 Å². The molecule has 2 nitrogen and oxygen atoms in total. The highest BCUT2D eigenvalue weighted by Gasteiger charge is 2.31. The molecule has 0 aliphatic heterocycles. The first-order chi connectivity index (χ1) is 6.50. The lowest BCUT2D eigenvalue weighted by molar-refractivity contribution is -0.141. The van der Waals surface area contributed by atoms with Gasteiger partial charge in [0, 0.05) is 0 Å². The molecule has 74 valence electrons. The molecule has 0 saturated heterocycles. The fourth-order valence-electron chi connectivity index (χ4n) is 1.30. The number of carboxylic acids is 1. The van der Waals surface area contributed by atoms with Gasteiger partial charge >= 0.3 is 5.97 Å². The summed E-state index contributed by atoms with van der Waals surface area (Å²) in [5, 5.41) is 9.11. The quantitative estimate of drug-likeness (QED) is 0.743. The molecule has 0 aromatic heterocycles. The van der Waals surface area contributed by atoms with E-state index in [1.165, 1.54) is 6.08 Å². The molecule has 0 aliphatic rings. The van der Waals surface area contributed by atoms with Gasteiger partial charge in [-0.05, 0) is 19.4 Å². The summed E-state index contributed by atoms with van der Waals surface area (Å²) in [5.74, 6) is -0.877. The highest BCUT2D eigenvalue weighted by atomic mass is 16.4. The lowest BCUT2D eigenvalue weighted by Crippen LogP contribution is -2.29. The van der Waals surface area contributed by atoms with Gasteiger partial charge in [0.1, 0.15) is 5.41 Å². The predicted octanol–water partition coefficient (Wildman–Crippen LogP) is 2.52. The van der Waals surface area contributed by atoms with Crippen LogP contribution in [0.25, 0.3) is 0 Å². The molecule has 0 amide bonds. The molecule has 0 radical (unpaired) electrons. The van der Waals surface area contributed by atoms with E-state index in [9.17, 15) is 4.79 Å². The smallest absolute Gasteiger partial charge is 0.317 e. The van der Waals surface area contributed by atoms with Crippen LogP contribution in [-0.4, -0.2) is 11.1 Å². The first kappa shape index (κ1) is 10.5. The number of aliphatic carboxylic acids is 1. The van der Waals surface area contributed by atoms with Crippen LogP contribution >= 0.6 is 0 Å². The number of aryl methyl sites for hydroxylation is 1. The van der Waals surface area contributed by atoms with Gasteiger partial charge in [-0.1, -0.05) is 35.9 Å². The van der Waals surface area contributed by atoms with E-state index in [1.807, 2.05) is 31.2 Å². The van der Waals surface area contributed by atoms with Crippen molar-refractivity contribution < 1.29 is 9.90 Å². The molecule has 0 spiro atoms. The number of carboxylic acid groups (broad SMARTS) is 1. The van der Waals surface area contributed by atoms with Crippen molar-refractivity contribution in [3.05, 3.63) is 48.0 Å². The monoisotopic (exact) mass is 190 g/mol. The van der Waals surface area contributed by atoms with Crippen LogP contribution < -0.4 is 0 Å². The van der Waals surface area contributed by atoms with Crippen molar-refractivity contribution in [1.82, 2.24) is 0 Å². The average Bonchev–Trinajstić information content (AvgIpc) is 2.16. The predicted molar refractivity (Wildman–Crippen MR) is 56.4 cm³/mol. The summed E-state index contributed by atoms with van der Waals surface area (Å²) in [5.41, 5.74) is 0.822. The van der Waals surface area contributed by atoms with Gasteiger partial charge in [0.25, 0.3) is 0 Å². The van der Waals surface area contributed by atoms with Gasteiger partial charge in [0.15, 0.2) is 0 Å². The largest absolute Gasteiger partial charge is 0.480 e. The Kier molecular flexibility index (Phi) is 2.75. The molecule has 0 heterocycles. The normalized spacial score (nSPS) is 14.4. The van der Waals surface area contributed by atoms with E-state index < -0.39 is 11.4 Å². The topological polar surface area (TPSA) is 37.3 Å². The van der Waals surface area contributed by atoms with Gasteiger partial charge in [-0.15, -0.1) is 6.58 Å². The van der Waals surface area contributed by atoms with Crippen molar-refractivity contribution in [3.63, 3.8) is 0 Å². The summed E-state index contributed by atoms with van der Waals surface area (Å²) in [4.78, 5) is 11.1. The molecule has 1 rings (SSSR count). The summed E-state index contributed by atoms with van der Waals surface area (Å²) in [7, 11) is 0. The number of benzene rings is 1. The summed E-state index contributed by atoms with van der Waals surface area (Å²) in [6.45, 7) is 7.17. The van der Waals surface area contributed by atoms with Crippen molar-refractivity contribution in [1.29, 1.82) is 0 Å². The van der Waals surface area contributed by atoms with Crippen molar-refractivity contribution in [2.45, 2.75) is 19.3 Å². The molecule has 0 bridgehead atoms. The summed E-state index contributed by atoms with van der Waals surface area (Å²) >= 11 is 0. The molecule has 1 aromatic rings. The Bertz CT molecular complexity index is 368. The molecule has 0 fully saturated rings. The Hall–Kier alpha value is -1.57. The van der Waals surface area contributed by atoms with Gasteiger partial charge in [0.2, 0.25) is 0 Å². The van der Waals surface area contributed by atoms with Crippen molar-refractivity contribution in [2.24, 2.45) is 0 Å². The molecular formula is C12H14O2. The zero-order chi connectivity index (χ0) is 10.8. The van der Waals surface area contributed by atoms with Gasteiger partial charge in [-0.2, -0.15) is 0 Å². The van der Waals surface area contributed by atoms with Crippen LogP contribution in [0.15, 0.2) is 36.9 Å². The van der Waals surface area contributed by atoms with Crippen LogP contribution in [0.2, 0.25) is 0 Å². The van der Waals surface area contributed by atoms with Crippen LogP contribution in [-0.2, 0) is 10.2 Å². The number of hydrogen-bond donors (Lipinski definition) is 1. The highest BCUT2D eigenvalue weighted by Crippen LogP contribution is 2.25. The van der Waals surface area contributed by atoms with E-state index in [2.05, 4.69) is 6.58 Å². The number of rotatable bonds is 3. The van der Waals surface area contributed by atoms with Crippen molar-refractivity contribution in [2.75, 3.05) is 0 Å². The lowest BCUT2D eigenvalue weighted by Gasteiger charge is -2.21. The molecule has 0 aliphatic carbocycles. The third kappa shape index (κ3) is 1.69. The number of carbonyl (C=O) groups is 1. The molecule has 14 heavy (non-hydrogen) atoms. The second kappa shape index (κ2) is 3.66.